The second-order valence-electron chi connectivity index (χ2n) is 4.84. The van der Waals surface area contributed by atoms with E-state index in [1.54, 1.807) is 0 Å². The van der Waals surface area contributed by atoms with Crippen LogP contribution in [0.3, 0.4) is 0 Å². The molecule has 16 heavy (non-hydrogen) atoms. The van der Waals surface area contributed by atoms with Crippen LogP contribution < -0.4 is 10.1 Å². The summed E-state index contributed by atoms with van der Waals surface area (Å²) in [4.78, 5) is 0. The predicted octanol–water partition coefficient (Wildman–Crippen LogP) is 3.26. The average Bonchev–Trinajstić information content (AvgIpc) is 3.03. The van der Waals surface area contributed by atoms with Crippen LogP contribution in [0.2, 0.25) is 0 Å². The third-order valence-corrected chi connectivity index (χ3v) is 3.93. The maximum Gasteiger partial charge on any atom is 0.124 e. The SMILES string of the molecule is CC1CC(NC2CC2)c2cc(I)ccc2O1. The number of ether oxygens (including phenoxy) is 1. The maximum absolute atomic E-state index is 5.88. The Bertz CT molecular complexity index is 403. The summed E-state index contributed by atoms with van der Waals surface area (Å²) < 4.78 is 7.16. The van der Waals surface area contributed by atoms with Gasteiger partial charge in [-0.15, -0.1) is 0 Å². The van der Waals surface area contributed by atoms with Crippen molar-refractivity contribution in [2.24, 2.45) is 0 Å². The molecule has 3 heteroatoms. The summed E-state index contributed by atoms with van der Waals surface area (Å²) in [6.45, 7) is 2.16. The van der Waals surface area contributed by atoms with Gasteiger partial charge >= 0.3 is 0 Å². The van der Waals surface area contributed by atoms with Crippen molar-refractivity contribution in [3.05, 3.63) is 27.3 Å². The Morgan fingerprint density at radius 3 is 2.94 bits per heavy atom. The standard InChI is InChI=1S/C13H16INO/c1-8-6-12(15-10-3-4-10)11-7-9(14)2-5-13(11)16-8/h2,5,7-8,10,12,15H,3-4,6H2,1H3. The molecular formula is C13H16INO. The molecule has 0 bridgehead atoms. The molecule has 1 saturated carbocycles. The molecule has 1 aliphatic carbocycles. The zero-order valence-corrected chi connectivity index (χ0v) is 11.5. The molecule has 2 nitrogen and oxygen atoms in total. The molecule has 86 valence electrons. The van der Waals surface area contributed by atoms with Gasteiger partial charge < -0.3 is 10.1 Å². The van der Waals surface area contributed by atoms with Crippen molar-refractivity contribution >= 4 is 22.6 Å². The van der Waals surface area contributed by atoms with Crippen LogP contribution in [-0.2, 0) is 0 Å². The number of hydrogen-bond donors (Lipinski definition) is 1. The highest BCUT2D eigenvalue weighted by atomic mass is 127. The molecule has 3 rings (SSSR count). The first-order valence-corrected chi connectivity index (χ1v) is 7.02. The summed E-state index contributed by atoms with van der Waals surface area (Å²) in [5.41, 5.74) is 1.34. The molecule has 0 aromatic heterocycles. The first kappa shape index (κ1) is 10.8. The average molecular weight is 329 g/mol. The van der Waals surface area contributed by atoms with Gasteiger partial charge in [0.25, 0.3) is 0 Å². The molecule has 2 aliphatic rings. The van der Waals surface area contributed by atoms with Crippen molar-refractivity contribution in [3.8, 4) is 5.75 Å². The third-order valence-electron chi connectivity index (χ3n) is 3.26. The lowest BCUT2D eigenvalue weighted by Crippen LogP contribution is -2.32. The summed E-state index contributed by atoms with van der Waals surface area (Å²) in [5, 5.41) is 3.72. The molecule has 1 fully saturated rings. The fraction of sp³-hybridized carbons (Fsp3) is 0.538. The van der Waals surface area contributed by atoms with Gasteiger partial charge in [0, 0.05) is 27.6 Å². The van der Waals surface area contributed by atoms with E-state index in [1.165, 1.54) is 22.0 Å². The number of nitrogens with one attached hydrogen (secondary N) is 1. The molecule has 2 unspecified atom stereocenters. The minimum atomic E-state index is 0.323. The number of hydrogen-bond acceptors (Lipinski definition) is 2. The van der Waals surface area contributed by atoms with Gasteiger partial charge in [0.2, 0.25) is 0 Å². The van der Waals surface area contributed by atoms with Gasteiger partial charge in [0.05, 0.1) is 6.10 Å². The van der Waals surface area contributed by atoms with Crippen LogP contribution in [0.1, 0.15) is 37.8 Å². The van der Waals surface area contributed by atoms with Crippen molar-refractivity contribution < 1.29 is 4.74 Å². The topological polar surface area (TPSA) is 21.3 Å². The van der Waals surface area contributed by atoms with E-state index in [9.17, 15) is 0 Å². The second kappa shape index (κ2) is 4.18. The van der Waals surface area contributed by atoms with Crippen LogP contribution in [0.4, 0.5) is 0 Å². The van der Waals surface area contributed by atoms with E-state index in [2.05, 4.69) is 53.0 Å². The van der Waals surface area contributed by atoms with Gasteiger partial charge in [-0.2, -0.15) is 0 Å². The van der Waals surface area contributed by atoms with Gasteiger partial charge in [-0.1, -0.05) is 0 Å². The van der Waals surface area contributed by atoms with Crippen LogP contribution in [0.5, 0.6) is 5.75 Å². The third kappa shape index (κ3) is 2.20. The van der Waals surface area contributed by atoms with E-state index < -0.39 is 0 Å². The summed E-state index contributed by atoms with van der Waals surface area (Å²) in [6, 6.07) is 7.71. The molecule has 0 saturated heterocycles. The van der Waals surface area contributed by atoms with Crippen molar-refractivity contribution in [1.82, 2.24) is 5.32 Å². The Balaban J connectivity index is 1.91. The Kier molecular flexibility index (Phi) is 2.83. The predicted molar refractivity (Wildman–Crippen MR) is 72.8 cm³/mol. The summed E-state index contributed by atoms with van der Waals surface area (Å²) in [7, 11) is 0. The molecule has 1 aliphatic heterocycles. The van der Waals surface area contributed by atoms with Crippen molar-refractivity contribution in [1.29, 1.82) is 0 Å². The Morgan fingerprint density at radius 2 is 2.19 bits per heavy atom. The molecule has 1 aromatic rings. The number of rotatable bonds is 2. The fourth-order valence-electron chi connectivity index (χ4n) is 2.32. The Morgan fingerprint density at radius 1 is 1.38 bits per heavy atom. The van der Waals surface area contributed by atoms with Crippen molar-refractivity contribution in [2.45, 2.75) is 44.4 Å². The lowest BCUT2D eigenvalue weighted by atomic mass is 9.97. The molecule has 0 spiro atoms. The van der Waals surface area contributed by atoms with Crippen molar-refractivity contribution in [3.63, 3.8) is 0 Å². The first-order valence-electron chi connectivity index (χ1n) is 5.94. The molecule has 0 amide bonds. The molecule has 0 radical (unpaired) electrons. The smallest absolute Gasteiger partial charge is 0.124 e. The van der Waals surface area contributed by atoms with E-state index in [0.717, 1.165) is 18.2 Å². The van der Waals surface area contributed by atoms with Crippen molar-refractivity contribution in [2.75, 3.05) is 0 Å². The lowest BCUT2D eigenvalue weighted by molar-refractivity contribution is 0.166. The number of fused-ring (bicyclic) bond motifs is 1. The second-order valence-corrected chi connectivity index (χ2v) is 6.09. The minimum absolute atomic E-state index is 0.323. The zero-order valence-electron chi connectivity index (χ0n) is 9.37. The summed E-state index contributed by atoms with van der Waals surface area (Å²) in [5.74, 6) is 1.07. The van der Waals surface area contributed by atoms with Crippen LogP contribution in [0.15, 0.2) is 18.2 Å². The first-order chi connectivity index (χ1) is 7.72. The van der Waals surface area contributed by atoms with E-state index in [0.29, 0.717) is 12.1 Å². The fourth-order valence-corrected chi connectivity index (χ4v) is 2.83. The van der Waals surface area contributed by atoms with Gasteiger partial charge in [-0.3, -0.25) is 0 Å². The highest BCUT2D eigenvalue weighted by molar-refractivity contribution is 14.1. The van der Waals surface area contributed by atoms with E-state index in [1.807, 2.05) is 0 Å². The normalized spacial score (nSPS) is 28.4. The van der Waals surface area contributed by atoms with Crippen LogP contribution >= 0.6 is 22.6 Å². The number of benzene rings is 1. The monoisotopic (exact) mass is 329 g/mol. The zero-order chi connectivity index (χ0) is 11.1. The lowest BCUT2D eigenvalue weighted by Gasteiger charge is -2.31. The van der Waals surface area contributed by atoms with Crippen LogP contribution in [0.25, 0.3) is 0 Å². The van der Waals surface area contributed by atoms with Gasteiger partial charge in [0.15, 0.2) is 0 Å². The molecule has 1 heterocycles. The molecule has 1 aromatic carbocycles. The van der Waals surface area contributed by atoms with E-state index in [-0.39, 0.29) is 0 Å². The minimum Gasteiger partial charge on any atom is -0.490 e. The Hall–Kier alpha value is -0.290. The molecule has 1 N–H and O–H groups in total. The summed E-state index contributed by atoms with van der Waals surface area (Å²) >= 11 is 2.37. The number of halogens is 1. The van der Waals surface area contributed by atoms with Crippen LogP contribution in [0, 0.1) is 3.57 Å². The van der Waals surface area contributed by atoms with E-state index in [4.69, 9.17) is 4.74 Å². The van der Waals surface area contributed by atoms with Crippen LogP contribution in [-0.4, -0.2) is 12.1 Å². The molecule has 2 atom stereocenters. The maximum atomic E-state index is 5.88. The Labute approximate surface area is 110 Å². The van der Waals surface area contributed by atoms with Gasteiger partial charge in [-0.25, -0.2) is 0 Å². The summed E-state index contributed by atoms with van der Waals surface area (Å²) in [6.07, 6.45) is 4.09. The van der Waals surface area contributed by atoms with E-state index >= 15 is 0 Å². The largest absolute Gasteiger partial charge is 0.490 e. The van der Waals surface area contributed by atoms with Gasteiger partial charge in [0.1, 0.15) is 5.75 Å². The highest BCUT2D eigenvalue weighted by Gasteiger charge is 2.31. The molecular weight excluding hydrogens is 313 g/mol. The van der Waals surface area contributed by atoms with Gasteiger partial charge in [-0.05, 0) is 60.6 Å². The quantitative estimate of drug-likeness (QED) is 0.841. The highest BCUT2D eigenvalue weighted by Crippen LogP contribution is 2.37.